The molecular weight excluding hydrogens is 346 g/mol. The summed E-state index contributed by atoms with van der Waals surface area (Å²) >= 11 is 0. The fraction of sp³-hybridized carbons (Fsp3) is 0.278. The van der Waals surface area contributed by atoms with Crippen LogP contribution in [-0.2, 0) is 0 Å². The van der Waals surface area contributed by atoms with E-state index in [2.05, 4.69) is 25.2 Å². The van der Waals surface area contributed by atoms with Gasteiger partial charge in [-0.15, -0.1) is 0 Å². The molecule has 4 rings (SSSR count). The number of anilines is 2. The Hall–Kier alpha value is -3.49. The minimum absolute atomic E-state index is 0.00913. The Balaban J connectivity index is 1.42. The summed E-state index contributed by atoms with van der Waals surface area (Å²) in [6.45, 7) is 4.48. The second kappa shape index (κ2) is 7.02. The molecule has 1 amide bonds. The van der Waals surface area contributed by atoms with E-state index in [1.165, 1.54) is 6.20 Å². The first kappa shape index (κ1) is 17.0. The Morgan fingerprint density at radius 3 is 2.44 bits per heavy atom. The third kappa shape index (κ3) is 3.43. The van der Waals surface area contributed by atoms with Crippen molar-refractivity contribution in [1.82, 2.24) is 25.2 Å². The third-order valence-corrected chi connectivity index (χ3v) is 4.58. The van der Waals surface area contributed by atoms with Crippen LogP contribution < -0.4 is 10.6 Å². The number of benzene rings is 1. The fourth-order valence-electron chi connectivity index (χ4n) is 3.12. The van der Waals surface area contributed by atoms with Gasteiger partial charge in [0.05, 0.1) is 18.1 Å². The van der Waals surface area contributed by atoms with E-state index in [-0.39, 0.29) is 5.91 Å². The highest BCUT2D eigenvalue weighted by Gasteiger charge is 2.25. The molecule has 1 aromatic carbocycles. The van der Waals surface area contributed by atoms with Crippen molar-refractivity contribution < 1.29 is 9.42 Å². The highest BCUT2D eigenvalue weighted by molar-refractivity contribution is 5.94. The van der Waals surface area contributed by atoms with Crippen molar-refractivity contribution in [2.45, 2.75) is 6.92 Å². The molecule has 27 heavy (non-hydrogen) atoms. The number of rotatable bonds is 3. The molecule has 1 aliphatic rings. The molecule has 2 N–H and O–H groups in total. The molecule has 0 radical (unpaired) electrons. The molecule has 0 aliphatic carbocycles. The first-order valence-electron chi connectivity index (χ1n) is 8.63. The Labute approximate surface area is 155 Å². The van der Waals surface area contributed by atoms with Crippen molar-refractivity contribution in [2.75, 3.05) is 36.8 Å². The number of aryl methyl sites for hydroxylation is 1. The molecule has 1 saturated heterocycles. The van der Waals surface area contributed by atoms with Gasteiger partial charge in [0.1, 0.15) is 11.5 Å². The molecule has 9 heteroatoms. The number of carbonyl (C=O) groups is 1. The average Bonchev–Trinajstić information content (AvgIpc) is 3.14. The van der Waals surface area contributed by atoms with Gasteiger partial charge in [0.2, 0.25) is 0 Å². The Morgan fingerprint density at radius 2 is 1.81 bits per heavy atom. The molecular formula is C18H19N7O2. The van der Waals surface area contributed by atoms with Crippen molar-refractivity contribution in [3.05, 3.63) is 47.9 Å². The average molecular weight is 365 g/mol. The van der Waals surface area contributed by atoms with Gasteiger partial charge in [-0.3, -0.25) is 9.78 Å². The van der Waals surface area contributed by atoms with Crippen molar-refractivity contribution in [3.8, 4) is 11.3 Å². The topological polar surface area (TPSA) is 114 Å². The molecule has 138 valence electrons. The van der Waals surface area contributed by atoms with Gasteiger partial charge < -0.3 is 15.5 Å². The van der Waals surface area contributed by atoms with Gasteiger partial charge in [0.15, 0.2) is 5.82 Å². The van der Waals surface area contributed by atoms with Crippen LogP contribution in [0.2, 0.25) is 0 Å². The number of carbonyl (C=O) groups excluding carboxylic acids is 1. The highest BCUT2D eigenvalue weighted by Crippen LogP contribution is 2.20. The molecule has 0 bridgehead atoms. The maximum atomic E-state index is 12.8. The van der Waals surface area contributed by atoms with Crippen molar-refractivity contribution in [1.29, 1.82) is 0 Å². The van der Waals surface area contributed by atoms with E-state index in [0.717, 1.165) is 17.1 Å². The maximum Gasteiger partial charge on any atom is 0.253 e. The zero-order valence-electron chi connectivity index (χ0n) is 14.9. The summed E-state index contributed by atoms with van der Waals surface area (Å²) in [7, 11) is 0. The molecule has 1 aliphatic heterocycles. The Kier molecular flexibility index (Phi) is 4.41. The zero-order chi connectivity index (χ0) is 18.8. The lowest BCUT2D eigenvalue weighted by molar-refractivity contribution is 0.0746. The fourth-order valence-corrected chi connectivity index (χ4v) is 3.12. The van der Waals surface area contributed by atoms with E-state index in [1.54, 1.807) is 18.3 Å². The first-order valence-corrected chi connectivity index (χ1v) is 8.63. The maximum absolute atomic E-state index is 12.8. The highest BCUT2D eigenvalue weighted by atomic mass is 16.6. The van der Waals surface area contributed by atoms with Crippen molar-refractivity contribution >= 4 is 17.5 Å². The molecule has 3 aromatic rings. The van der Waals surface area contributed by atoms with Gasteiger partial charge >= 0.3 is 0 Å². The minimum atomic E-state index is 0.00913. The lowest BCUT2D eigenvalue weighted by Crippen LogP contribution is -2.49. The van der Waals surface area contributed by atoms with E-state index < -0.39 is 0 Å². The second-order valence-electron chi connectivity index (χ2n) is 6.36. The third-order valence-electron chi connectivity index (χ3n) is 4.58. The summed E-state index contributed by atoms with van der Waals surface area (Å²) in [5.41, 5.74) is 8.62. The van der Waals surface area contributed by atoms with E-state index in [1.807, 2.05) is 24.0 Å². The summed E-state index contributed by atoms with van der Waals surface area (Å²) in [5.74, 6) is 1.12. The van der Waals surface area contributed by atoms with E-state index in [4.69, 9.17) is 10.4 Å². The largest absolute Gasteiger partial charge is 0.382 e. The molecule has 9 nitrogen and oxygen atoms in total. The summed E-state index contributed by atoms with van der Waals surface area (Å²) in [4.78, 5) is 25.0. The second-order valence-corrected chi connectivity index (χ2v) is 6.36. The lowest BCUT2D eigenvalue weighted by Gasteiger charge is -2.34. The van der Waals surface area contributed by atoms with Crippen molar-refractivity contribution in [3.63, 3.8) is 0 Å². The van der Waals surface area contributed by atoms with Crippen LogP contribution in [0.4, 0.5) is 11.6 Å². The number of hydrogen-bond acceptors (Lipinski definition) is 8. The number of hydrogen-bond donors (Lipinski definition) is 1. The van der Waals surface area contributed by atoms with E-state index in [9.17, 15) is 4.79 Å². The predicted octanol–water partition coefficient (Wildman–Crippen LogP) is 1.38. The number of nitrogens with two attached hydrogens (primary N) is 1. The summed E-state index contributed by atoms with van der Waals surface area (Å²) < 4.78 is 4.76. The van der Waals surface area contributed by atoms with Crippen molar-refractivity contribution in [2.24, 2.45) is 0 Å². The number of piperazine rings is 1. The van der Waals surface area contributed by atoms with Crippen LogP contribution in [0.3, 0.4) is 0 Å². The van der Waals surface area contributed by atoms with Crippen LogP contribution >= 0.6 is 0 Å². The molecule has 1 fully saturated rings. The SMILES string of the molecule is Cc1nonc1N1CCN(C(=O)c2ccc(-c3cncc(N)n3)cc2)CC1. The Bertz CT molecular complexity index is 946. The number of nitrogens with zero attached hydrogens (tertiary/aromatic N) is 6. The quantitative estimate of drug-likeness (QED) is 0.740. The van der Waals surface area contributed by atoms with Crippen LogP contribution in [0, 0.1) is 6.92 Å². The van der Waals surface area contributed by atoms with Gasteiger partial charge in [-0.2, -0.15) is 0 Å². The van der Waals surface area contributed by atoms with Gasteiger partial charge in [-0.1, -0.05) is 17.3 Å². The van der Waals surface area contributed by atoms with Crippen LogP contribution in [-0.4, -0.2) is 57.3 Å². The number of nitrogen functional groups attached to an aromatic ring is 1. The van der Waals surface area contributed by atoms with Gasteiger partial charge in [-0.25, -0.2) is 9.61 Å². The summed E-state index contributed by atoms with van der Waals surface area (Å²) in [5, 5.41) is 7.74. The van der Waals surface area contributed by atoms with Gasteiger partial charge in [-0.05, 0) is 24.2 Å². The summed E-state index contributed by atoms with van der Waals surface area (Å²) in [6.07, 6.45) is 3.14. The molecule has 2 aromatic heterocycles. The van der Waals surface area contributed by atoms with Crippen LogP contribution in [0.5, 0.6) is 0 Å². The first-order chi connectivity index (χ1) is 13.1. The minimum Gasteiger partial charge on any atom is -0.382 e. The van der Waals surface area contributed by atoms with Crippen LogP contribution in [0.1, 0.15) is 16.1 Å². The molecule has 0 spiro atoms. The standard InChI is InChI=1S/C18H19N7O2/c1-12-17(23-27-22-12)24-6-8-25(9-7-24)18(26)14-4-2-13(3-5-14)15-10-20-11-16(19)21-15/h2-5,10-11H,6-9H2,1H3,(H2,19,21). The van der Waals surface area contributed by atoms with Gasteiger partial charge in [0.25, 0.3) is 5.91 Å². The van der Waals surface area contributed by atoms with Crippen LogP contribution in [0.15, 0.2) is 41.3 Å². The van der Waals surface area contributed by atoms with E-state index >= 15 is 0 Å². The Morgan fingerprint density at radius 1 is 1.07 bits per heavy atom. The summed E-state index contributed by atoms with van der Waals surface area (Å²) in [6, 6.07) is 7.33. The monoisotopic (exact) mass is 365 g/mol. The van der Waals surface area contributed by atoms with Crippen LogP contribution in [0.25, 0.3) is 11.3 Å². The lowest BCUT2D eigenvalue weighted by atomic mass is 10.1. The molecule has 3 heterocycles. The normalized spacial score (nSPS) is 14.4. The molecule has 0 saturated carbocycles. The predicted molar refractivity (Wildman–Crippen MR) is 99.0 cm³/mol. The number of amides is 1. The zero-order valence-corrected chi connectivity index (χ0v) is 14.9. The number of aromatic nitrogens is 4. The van der Waals surface area contributed by atoms with E-state index in [0.29, 0.717) is 43.3 Å². The molecule has 0 atom stereocenters. The smallest absolute Gasteiger partial charge is 0.253 e. The van der Waals surface area contributed by atoms with Gasteiger partial charge in [0, 0.05) is 37.3 Å². The molecule has 0 unspecified atom stereocenters.